The third-order valence-electron chi connectivity index (χ3n) is 3.15. The third kappa shape index (κ3) is 3.92. The molecule has 2 aromatic rings. The van der Waals surface area contributed by atoms with Crippen molar-refractivity contribution in [2.45, 2.75) is 13.8 Å². The van der Waals surface area contributed by atoms with E-state index in [1.807, 2.05) is 50.2 Å². The number of amides is 1. The molecule has 0 aliphatic rings. The Bertz CT molecular complexity index is 643. The van der Waals surface area contributed by atoms with Gasteiger partial charge in [0.15, 0.2) is 0 Å². The van der Waals surface area contributed by atoms with Crippen LogP contribution in [0.1, 0.15) is 28.4 Å². The third-order valence-corrected chi connectivity index (χ3v) is 3.15. The van der Waals surface area contributed by atoms with Gasteiger partial charge in [0.25, 0.3) is 5.91 Å². The molecule has 1 amide bonds. The van der Waals surface area contributed by atoms with Crippen LogP contribution >= 0.6 is 0 Å². The first-order chi connectivity index (χ1) is 10.1. The largest absolute Gasteiger partial charge is 0.497 e. The average molecular weight is 282 g/mol. The minimum atomic E-state index is -0.220. The molecule has 0 unspecified atom stereocenters. The average Bonchev–Trinajstić information content (AvgIpc) is 2.53. The molecule has 2 rings (SSSR count). The van der Waals surface area contributed by atoms with Crippen LogP contribution in [0, 0.1) is 6.92 Å². The number of benzene rings is 2. The summed E-state index contributed by atoms with van der Waals surface area (Å²) in [6.07, 6.45) is 0. The van der Waals surface area contributed by atoms with Gasteiger partial charge in [0.2, 0.25) is 0 Å². The molecular formula is C17H18N2O2. The minimum Gasteiger partial charge on any atom is -0.497 e. The van der Waals surface area contributed by atoms with Crippen molar-refractivity contribution in [1.29, 1.82) is 0 Å². The number of rotatable bonds is 4. The minimum absolute atomic E-state index is 0.220. The van der Waals surface area contributed by atoms with E-state index in [9.17, 15) is 4.79 Å². The lowest BCUT2D eigenvalue weighted by Gasteiger charge is -2.04. The predicted octanol–water partition coefficient (Wildman–Crippen LogP) is 3.16. The number of ether oxygens (including phenoxy) is 1. The number of hydrazone groups is 1. The van der Waals surface area contributed by atoms with E-state index in [0.717, 1.165) is 22.6 Å². The number of nitrogens with zero attached hydrogens (tertiary/aromatic N) is 1. The number of methoxy groups -OCH3 is 1. The summed E-state index contributed by atoms with van der Waals surface area (Å²) in [4.78, 5) is 12.0. The zero-order chi connectivity index (χ0) is 15.2. The molecule has 1 N–H and O–H groups in total. The maximum Gasteiger partial charge on any atom is 0.271 e. The van der Waals surface area contributed by atoms with E-state index < -0.39 is 0 Å². The second-order valence-electron chi connectivity index (χ2n) is 4.73. The summed E-state index contributed by atoms with van der Waals surface area (Å²) in [6.45, 7) is 3.82. The molecule has 0 aliphatic carbocycles. The predicted molar refractivity (Wildman–Crippen MR) is 83.9 cm³/mol. The van der Waals surface area contributed by atoms with Crippen molar-refractivity contribution in [2.75, 3.05) is 7.11 Å². The second kappa shape index (κ2) is 6.70. The van der Waals surface area contributed by atoms with Gasteiger partial charge in [0.05, 0.1) is 12.8 Å². The van der Waals surface area contributed by atoms with Gasteiger partial charge in [0, 0.05) is 5.56 Å². The van der Waals surface area contributed by atoms with E-state index in [4.69, 9.17) is 4.74 Å². The zero-order valence-corrected chi connectivity index (χ0v) is 12.4. The van der Waals surface area contributed by atoms with E-state index in [1.54, 1.807) is 19.2 Å². The van der Waals surface area contributed by atoms with Crippen LogP contribution < -0.4 is 10.2 Å². The summed E-state index contributed by atoms with van der Waals surface area (Å²) in [5, 5.41) is 4.12. The first-order valence-electron chi connectivity index (χ1n) is 6.66. The van der Waals surface area contributed by atoms with E-state index >= 15 is 0 Å². The number of hydrogen-bond acceptors (Lipinski definition) is 3. The second-order valence-corrected chi connectivity index (χ2v) is 4.73. The highest BCUT2D eigenvalue weighted by atomic mass is 16.5. The van der Waals surface area contributed by atoms with E-state index in [-0.39, 0.29) is 5.91 Å². The van der Waals surface area contributed by atoms with E-state index in [0.29, 0.717) is 5.56 Å². The van der Waals surface area contributed by atoms with Gasteiger partial charge < -0.3 is 4.74 Å². The van der Waals surface area contributed by atoms with Gasteiger partial charge in [-0.2, -0.15) is 5.10 Å². The Morgan fingerprint density at radius 3 is 2.14 bits per heavy atom. The normalized spacial score (nSPS) is 11.1. The molecule has 108 valence electrons. The molecular weight excluding hydrogens is 264 g/mol. The SMILES string of the molecule is COc1ccc(C(C)=NNC(=O)c2ccc(C)cc2)cc1. The quantitative estimate of drug-likeness (QED) is 0.691. The van der Waals surface area contributed by atoms with E-state index in [1.165, 1.54) is 0 Å². The zero-order valence-electron chi connectivity index (χ0n) is 12.4. The number of nitrogens with one attached hydrogen (secondary N) is 1. The summed E-state index contributed by atoms with van der Waals surface area (Å²) >= 11 is 0. The molecule has 0 atom stereocenters. The first-order valence-corrected chi connectivity index (χ1v) is 6.66. The molecule has 2 aromatic carbocycles. The standard InChI is InChI=1S/C17H18N2O2/c1-12-4-6-15(7-5-12)17(20)19-18-13(2)14-8-10-16(21-3)11-9-14/h4-11H,1-3H3,(H,19,20). The molecule has 0 bridgehead atoms. The van der Waals surface area contributed by atoms with Gasteiger partial charge in [-0.05, 0) is 55.8 Å². The molecule has 0 heterocycles. The Hall–Kier alpha value is -2.62. The lowest BCUT2D eigenvalue weighted by atomic mass is 10.1. The molecule has 0 saturated heterocycles. The maximum atomic E-state index is 12.0. The van der Waals surface area contributed by atoms with Crippen molar-refractivity contribution < 1.29 is 9.53 Å². The van der Waals surface area contributed by atoms with Crippen molar-refractivity contribution in [3.63, 3.8) is 0 Å². The molecule has 0 aromatic heterocycles. The van der Waals surface area contributed by atoms with Crippen molar-refractivity contribution in [3.05, 3.63) is 65.2 Å². The molecule has 0 fully saturated rings. The highest BCUT2D eigenvalue weighted by Crippen LogP contribution is 2.11. The van der Waals surface area contributed by atoms with Crippen molar-refractivity contribution in [3.8, 4) is 5.75 Å². The van der Waals surface area contributed by atoms with Crippen molar-refractivity contribution >= 4 is 11.6 Å². The summed E-state index contributed by atoms with van der Waals surface area (Å²) in [5.74, 6) is 0.568. The van der Waals surface area contributed by atoms with Gasteiger partial charge in [0.1, 0.15) is 5.75 Å². The van der Waals surface area contributed by atoms with Gasteiger partial charge >= 0.3 is 0 Å². The lowest BCUT2D eigenvalue weighted by molar-refractivity contribution is 0.0955. The van der Waals surface area contributed by atoms with Gasteiger partial charge in [-0.15, -0.1) is 0 Å². The van der Waals surface area contributed by atoms with Crippen LogP contribution in [0.25, 0.3) is 0 Å². The monoisotopic (exact) mass is 282 g/mol. The number of carbonyl (C=O) groups excluding carboxylic acids is 1. The van der Waals surface area contributed by atoms with Gasteiger partial charge in [-0.1, -0.05) is 17.7 Å². The number of aryl methyl sites for hydroxylation is 1. The van der Waals surface area contributed by atoms with E-state index in [2.05, 4.69) is 10.5 Å². The van der Waals surface area contributed by atoms with Crippen molar-refractivity contribution in [2.24, 2.45) is 5.10 Å². The molecule has 0 radical (unpaired) electrons. The summed E-state index contributed by atoms with van der Waals surface area (Å²) in [6, 6.07) is 14.9. The molecule has 4 nitrogen and oxygen atoms in total. The fraction of sp³-hybridized carbons (Fsp3) is 0.176. The van der Waals surface area contributed by atoms with Crippen LogP contribution in [0.4, 0.5) is 0 Å². The van der Waals surface area contributed by atoms with Crippen LogP contribution in [0.15, 0.2) is 53.6 Å². The smallest absolute Gasteiger partial charge is 0.271 e. The Balaban J connectivity index is 2.05. The maximum absolute atomic E-state index is 12.0. The van der Waals surface area contributed by atoms with Crippen LogP contribution in [0.5, 0.6) is 5.75 Å². The summed E-state index contributed by atoms with van der Waals surface area (Å²) < 4.78 is 5.10. The fourth-order valence-corrected chi connectivity index (χ4v) is 1.80. The van der Waals surface area contributed by atoms with Gasteiger partial charge in [-0.25, -0.2) is 5.43 Å². The molecule has 0 saturated carbocycles. The van der Waals surface area contributed by atoms with Crippen molar-refractivity contribution in [1.82, 2.24) is 5.43 Å². The summed E-state index contributed by atoms with van der Waals surface area (Å²) in [5.41, 5.74) is 5.93. The molecule has 4 heteroatoms. The summed E-state index contributed by atoms with van der Waals surface area (Å²) in [7, 11) is 1.62. The van der Waals surface area contributed by atoms with Crippen LogP contribution in [-0.2, 0) is 0 Å². The Labute approximate surface area is 124 Å². The lowest BCUT2D eigenvalue weighted by Crippen LogP contribution is -2.19. The van der Waals surface area contributed by atoms with Gasteiger partial charge in [-0.3, -0.25) is 4.79 Å². The Kier molecular flexibility index (Phi) is 4.72. The topological polar surface area (TPSA) is 50.7 Å². The Morgan fingerprint density at radius 1 is 1.00 bits per heavy atom. The highest BCUT2D eigenvalue weighted by Gasteiger charge is 2.04. The molecule has 21 heavy (non-hydrogen) atoms. The number of hydrogen-bond donors (Lipinski definition) is 1. The molecule has 0 spiro atoms. The molecule has 0 aliphatic heterocycles. The highest BCUT2D eigenvalue weighted by molar-refractivity contribution is 6.00. The fourth-order valence-electron chi connectivity index (χ4n) is 1.80. The number of carbonyl (C=O) groups is 1. The first kappa shape index (κ1) is 14.8. The van der Waals surface area contributed by atoms with Crippen LogP contribution in [0.3, 0.4) is 0 Å². The Morgan fingerprint density at radius 2 is 1.57 bits per heavy atom. The van der Waals surface area contributed by atoms with Crippen LogP contribution in [0.2, 0.25) is 0 Å². The van der Waals surface area contributed by atoms with Crippen LogP contribution in [-0.4, -0.2) is 18.7 Å².